The van der Waals surface area contributed by atoms with E-state index in [1.165, 1.54) is 17.8 Å². The highest BCUT2D eigenvalue weighted by atomic mass is 35.5. The molecular weight excluding hydrogens is 307 g/mol. The first-order chi connectivity index (χ1) is 8.95. The van der Waals surface area contributed by atoms with Gasteiger partial charge in [0, 0.05) is 5.25 Å². The summed E-state index contributed by atoms with van der Waals surface area (Å²) in [7, 11) is 0. The molecule has 4 nitrogen and oxygen atoms in total. The maximum Gasteiger partial charge on any atom is 0.329 e. The van der Waals surface area contributed by atoms with E-state index >= 15 is 0 Å². The molecule has 0 aromatic heterocycles. The van der Waals surface area contributed by atoms with Crippen molar-refractivity contribution in [1.82, 2.24) is 5.32 Å². The summed E-state index contributed by atoms with van der Waals surface area (Å²) in [6.45, 7) is 1.89. The van der Waals surface area contributed by atoms with Crippen molar-refractivity contribution in [1.29, 1.82) is 0 Å². The molecule has 0 spiro atoms. The normalized spacial score (nSPS) is 20.6. The van der Waals surface area contributed by atoms with Gasteiger partial charge in [0.25, 0.3) is 5.91 Å². The fourth-order valence-electron chi connectivity index (χ4n) is 1.82. The Morgan fingerprint density at radius 2 is 2.00 bits per heavy atom. The van der Waals surface area contributed by atoms with Crippen molar-refractivity contribution in [2.75, 3.05) is 11.2 Å². The molecular formula is C12H12Cl2N2O2S. The lowest BCUT2D eigenvalue weighted by Gasteiger charge is -2.16. The van der Waals surface area contributed by atoms with Crippen molar-refractivity contribution in [3.63, 3.8) is 0 Å². The van der Waals surface area contributed by atoms with E-state index in [2.05, 4.69) is 5.32 Å². The summed E-state index contributed by atoms with van der Waals surface area (Å²) in [5, 5.41) is 3.37. The Bertz CT molecular complexity index is 538. The minimum atomic E-state index is -0.517. The van der Waals surface area contributed by atoms with Crippen LogP contribution in [0, 0.1) is 0 Å². The molecule has 1 fully saturated rings. The van der Waals surface area contributed by atoms with Crippen LogP contribution in [0.2, 0.25) is 10.0 Å². The lowest BCUT2D eigenvalue weighted by Crippen LogP contribution is -2.37. The van der Waals surface area contributed by atoms with Crippen molar-refractivity contribution in [2.24, 2.45) is 0 Å². The number of benzene rings is 1. The average Bonchev–Trinajstić information content (AvgIpc) is 2.68. The van der Waals surface area contributed by atoms with Gasteiger partial charge in [-0.25, -0.2) is 9.69 Å². The zero-order valence-electron chi connectivity index (χ0n) is 10.3. The number of urea groups is 1. The van der Waals surface area contributed by atoms with Crippen molar-refractivity contribution in [2.45, 2.75) is 18.2 Å². The summed E-state index contributed by atoms with van der Waals surface area (Å²) >= 11 is 13.3. The molecule has 0 aliphatic carbocycles. The van der Waals surface area contributed by atoms with E-state index < -0.39 is 12.1 Å². The van der Waals surface area contributed by atoms with Gasteiger partial charge in [-0.15, -0.1) is 0 Å². The number of hydrogen-bond donors (Lipinski definition) is 1. The lowest BCUT2D eigenvalue weighted by atomic mass is 10.2. The smallest absolute Gasteiger partial charge is 0.324 e. The number of imide groups is 1. The summed E-state index contributed by atoms with van der Waals surface area (Å²) in [6, 6.07) is 3.71. The van der Waals surface area contributed by atoms with E-state index in [1.807, 2.05) is 13.2 Å². The topological polar surface area (TPSA) is 49.4 Å². The number of anilines is 1. The molecule has 3 amide bonds. The van der Waals surface area contributed by atoms with Crippen LogP contribution in [0.3, 0.4) is 0 Å². The molecule has 1 aliphatic rings. The van der Waals surface area contributed by atoms with Crippen LogP contribution < -0.4 is 10.2 Å². The minimum Gasteiger partial charge on any atom is -0.324 e. The van der Waals surface area contributed by atoms with Crippen LogP contribution in [0.5, 0.6) is 0 Å². The molecule has 2 rings (SSSR count). The molecule has 1 aromatic rings. The highest BCUT2D eigenvalue weighted by Gasteiger charge is 2.41. The Morgan fingerprint density at radius 1 is 1.32 bits per heavy atom. The van der Waals surface area contributed by atoms with Gasteiger partial charge in [0.2, 0.25) is 0 Å². The minimum absolute atomic E-state index is 0.00391. The number of amides is 3. The molecule has 2 unspecified atom stereocenters. The van der Waals surface area contributed by atoms with Gasteiger partial charge in [0.15, 0.2) is 0 Å². The van der Waals surface area contributed by atoms with Gasteiger partial charge in [0.1, 0.15) is 6.04 Å². The first-order valence-electron chi connectivity index (χ1n) is 5.58. The number of nitrogens with one attached hydrogen (secondary N) is 1. The van der Waals surface area contributed by atoms with Crippen LogP contribution in [-0.2, 0) is 4.79 Å². The molecule has 2 atom stereocenters. The van der Waals surface area contributed by atoms with Gasteiger partial charge in [0.05, 0.1) is 15.7 Å². The Labute approximate surface area is 125 Å². The van der Waals surface area contributed by atoms with Gasteiger partial charge in [-0.1, -0.05) is 30.1 Å². The van der Waals surface area contributed by atoms with Gasteiger partial charge < -0.3 is 5.32 Å². The van der Waals surface area contributed by atoms with Crippen LogP contribution in [0.1, 0.15) is 6.92 Å². The first-order valence-corrected chi connectivity index (χ1v) is 7.62. The molecule has 102 valence electrons. The summed E-state index contributed by atoms with van der Waals surface area (Å²) in [6.07, 6.45) is 1.89. The van der Waals surface area contributed by atoms with Crippen molar-refractivity contribution < 1.29 is 9.59 Å². The van der Waals surface area contributed by atoms with Gasteiger partial charge >= 0.3 is 6.03 Å². The number of nitrogens with zero attached hydrogens (tertiary/aromatic N) is 1. The number of carbonyl (C=O) groups excluding carboxylic acids is 2. The van der Waals surface area contributed by atoms with E-state index in [0.717, 1.165) is 4.90 Å². The molecule has 1 heterocycles. The first kappa shape index (κ1) is 14.5. The molecule has 1 aliphatic heterocycles. The van der Waals surface area contributed by atoms with Crippen molar-refractivity contribution >= 4 is 52.6 Å². The third-order valence-corrected chi connectivity index (χ3v) is 4.73. The monoisotopic (exact) mass is 318 g/mol. The van der Waals surface area contributed by atoms with Crippen molar-refractivity contribution in [3.05, 3.63) is 28.2 Å². The predicted molar refractivity (Wildman–Crippen MR) is 79.2 cm³/mol. The van der Waals surface area contributed by atoms with Crippen LogP contribution in [-0.4, -0.2) is 29.5 Å². The lowest BCUT2D eigenvalue weighted by molar-refractivity contribution is -0.118. The van der Waals surface area contributed by atoms with Gasteiger partial charge in [-0.05, 0) is 24.5 Å². The number of rotatable bonds is 3. The van der Waals surface area contributed by atoms with E-state index in [0.29, 0.717) is 15.7 Å². The number of carbonyl (C=O) groups is 2. The quantitative estimate of drug-likeness (QED) is 0.871. The highest BCUT2D eigenvalue weighted by Crippen LogP contribution is 2.30. The fraction of sp³-hybridized carbons (Fsp3) is 0.333. The van der Waals surface area contributed by atoms with Crippen LogP contribution >= 0.6 is 35.0 Å². The van der Waals surface area contributed by atoms with Crippen molar-refractivity contribution in [3.8, 4) is 0 Å². The summed E-state index contributed by atoms with van der Waals surface area (Å²) in [4.78, 5) is 25.3. The fourth-order valence-corrected chi connectivity index (χ4v) is 2.57. The molecule has 19 heavy (non-hydrogen) atoms. The second-order valence-corrected chi connectivity index (χ2v) is 6.17. The van der Waals surface area contributed by atoms with Crippen LogP contribution in [0.4, 0.5) is 10.5 Å². The molecule has 1 aromatic carbocycles. The summed E-state index contributed by atoms with van der Waals surface area (Å²) in [5.41, 5.74) is 0.424. The molecule has 0 saturated carbocycles. The van der Waals surface area contributed by atoms with E-state index in [9.17, 15) is 9.59 Å². The molecule has 0 radical (unpaired) electrons. The summed E-state index contributed by atoms with van der Waals surface area (Å²) < 4.78 is 0. The largest absolute Gasteiger partial charge is 0.329 e. The molecule has 1 N–H and O–H groups in total. The number of halogens is 2. The Hall–Kier alpha value is -0.910. The van der Waals surface area contributed by atoms with Crippen LogP contribution in [0.15, 0.2) is 18.2 Å². The van der Waals surface area contributed by atoms with Gasteiger partial charge in [-0.3, -0.25) is 4.79 Å². The highest BCUT2D eigenvalue weighted by molar-refractivity contribution is 7.99. The van der Waals surface area contributed by atoms with E-state index in [-0.39, 0.29) is 11.2 Å². The Morgan fingerprint density at radius 3 is 2.58 bits per heavy atom. The van der Waals surface area contributed by atoms with E-state index in [4.69, 9.17) is 23.2 Å². The molecule has 1 saturated heterocycles. The molecule has 0 bridgehead atoms. The zero-order valence-corrected chi connectivity index (χ0v) is 12.6. The average molecular weight is 319 g/mol. The Balaban J connectivity index is 2.32. The third-order valence-electron chi connectivity index (χ3n) is 2.97. The van der Waals surface area contributed by atoms with Gasteiger partial charge in [-0.2, -0.15) is 11.8 Å². The standard InChI is InChI=1S/C12H12Cl2N2O2S/c1-6(19-2)10-11(17)16(12(18)15-10)7-3-4-8(13)9(14)5-7/h3-6,10H,1-2H3,(H,15,18). The maximum absolute atomic E-state index is 12.3. The second-order valence-electron chi connectivity index (χ2n) is 4.14. The number of thioether (sulfide) groups is 1. The molecule has 7 heteroatoms. The second kappa shape index (κ2) is 5.61. The third kappa shape index (κ3) is 2.68. The van der Waals surface area contributed by atoms with Crippen LogP contribution in [0.25, 0.3) is 0 Å². The zero-order chi connectivity index (χ0) is 14.2. The number of hydrogen-bond acceptors (Lipinski definition) is 3. The Kier molecular flexibility index (Phi) is 4.28. The predicted octanol–water partition coefficient (Wildman–Crippen LogP) is 3.17. The van der Waals surface area contributed by atoms with E-state index in [1.54, 1.807) is 12.1 Å². The summed E-state index contributed by atoms with van der Waals surface area (Å²) in [5.74, 6) is -0.273. The maximum atomic E-state index is 12.3. The SMILES string of the molecule is CSC(C)C1NC(=O)N(c2ccc(Cl)c(Cl)c2)C1=O.